The third kappa shape index (κ3) is 6.72. The minimum absolute atomic E-state index is 0.00423. The number of carbonyl (C=O) groups is 2. The highest BCUT2D eigenvalue weighted by Crippen LogP contribution is 2.41. The van der Waals surface area contributed by atoms with Gasteiger partial charge in [0, 0.05) is 17.9 Å². The van der Waals surface area contributed by atoms with Crippen molar-refractivity contribution in [2.24, 2.45) is 0 Å². The first-order chi connectivity index (χ1) is 18.7. The van der Waals surface area contributed by atoms with Crippen molar-refractivity contribution >= 4 is 29.3 Å². The van der Waals surface area contributed by atoms with Gasteiger partial charge in [-0.1, -0.05) is 48.2 Å². The van der Waals surface area contributed by atoms with E-state index in [9.17, 15) is 28.0 Å². The molecule has 0 bridgehead atoms. The summed E-state index contributed by atoms with van der Waals surface area (Å²) in [4.78, 5) is 25.8. The molecule has 0 aliphatic carbocycles. The molecule has 0 saturated carbocycles. The van der Waals surface area contributed by atoms with Crippen LogP contribution in [0.3, 0.4) is 0 Å². The van der Waals surface area contributed by atoms with Crippen LogP contribution >= 0.6 is 11.8 Å². The number of nitriles is 1. The van der Waals surface area contributed by atoms with Crippen LogP contribution < -0.4 is 16.0 Å². The van der Waals surface area contributed by atoms with Crippen molar-refractivity contribution < 1.29 is 27.2 Å². The molecule has 4 rings (SSSR count). The van der Waals surface area contributed by atoms with Gasteiger partial charge >= 0.3 is 6.18 Å². The molecule has 3 aromatic rings. The van der Waals surface area contributed by atoms with E-state index in [-0.39, 0.29) is 28.5 Å². The van der Waals surface area contributed by atoms with Gasteiger partial charge in [-0.2, -0.15) is 18.4 Å². The standard InChI is InChI=1S/C28H23F3N4O3S/c1-17-24(26(37)35-20-10-5-9-19(13-20)28(29,30)31)25(22-11-6-12-38-22)21(14-32)27(34-17)39-16-23(36)33-15-18-7-3-2-4-8-18/h2-13,25,34H,15-16H2,1H3,(H,33,36)(H,35,37)/t25-/m0/s1. The Labute approximate surface area is 226 Å². The number of carbonyl (C=O) groups excluding carboxylic acids is 2. The Morgan fingerprint density at radius 3 is 2.54 bits per heavy atom. The summed E-state index contributed by atoms with van der Waals surface area (Å²) in [5, 5.41) is 18.8. The summed E-state index contributed by atoms with van der Waals surface area (Å²) >= 11 is 1.10. The minimum Gasteiger partial charge on any atom is -0.468 e. The molecule has 1 aliphatic rings. The van der Waals surface area contributed by atoms with E-state index in [2.05, 4.69) is 22.0 Å². The van der Waals surface area contributed by atoms with E-state index in [0.717, 1.165) is 29.5 Å². The normalized spacial score (nSPS) is 15.4. The third-order valence-electron chi connectivity index (χ3n) is 5.85. The lowest BCUT2D eigenvalue weighted by molar-refractivity contribution is -0.137. The van der Waals surface area contributed by atoms with Gasteiger partial charge in [0.1, 0.15) is 5.76 Å². The predicted octanol–water partition coefficient (Wildman–Crippen LogP) is 5.68. The lowest BCUT2D eigenvalue weighted by Gasteiger charge is -2.28. The second-order valence-electron chi connectivity index (χ2n) is 8.55. The molecule has 0 fully saturated rings. The number of amides is 2. The molecule has 11 heteroatoms. The van der Waals surface area contributed by atoms with E-state index in [1.165, 1.54) is 18.4 Å². The van der Waals surface area contributed by atoms with Crippen LogP contribution in [-0.4, -0.2) is 17.6 Å². The van der Waals surface area contributed by atoms with Crippen LogP contribution in [0.5, 0.6) is 0 Å². The molecule has 0 radical (unpaired) electrons. The van der Waals surface area contributed by atoms with Crippen LogP contribution in [0, 0.1) is 11.3 Å². The Kier molecular flexibility index (Phi) is 8.46. The maximum Gasteiger partial charge on any atom is 0.416 e. The van der Waals surface area contributed by atoms with Crippen molar-refractivity contribution in [3.05, 3.63) is 112 Å². The molecule has 0 saturated heterocycles. The summed E-state index contributed by atoms with van der Waals surface area (Å²) in [5.41, 5.74) is 0.606. The number of alkyl halides is 3. The molecule has 0 spiro atoms. The number of nitrogens with zero attached hydrogens (tertiary/aromatic N) is 1. The van der Waals surface area contributed by atoms with Gasteiger partial charge in [-0.15, -0.1) is 0 Å². The number of halogens is 3. The minimum atomic E-state index is -4.57. The van der Waals surface area contributed by atoms with Crippen molar-refractivity contribution in [1.82, 2.24) is 10.6 Å². The smallest absolute Gasteiger partial charge is 0.416 e. The first-order valence-corrected chi connectivity index (χ1v) is 12.7. The van der Waals surface area contributed by atoms with Gasteiger partial charge < -0.3 is 20.4 Å². The average Bonchev–Trinajstić information content (AvgIpc) is 3.45. The molecule has 1 aliphatic heterocycles. The van der Waals surface area contributed by atoms with Crippen molar-refractivity contribution in [3.63, 3.8) is 0 Å². The van der Waals surface area contributed by atoms with Crippen LogP contribution in [0.4, 0.5) is 18.9 Å². The third-order valence-corrected chi connectivity index (χ3v) is 6.86. The van der Waals surface area contributed by atoms with Gasteiger partial charge in [0.05, 0.1) is 45.7 Å². The number of dihydropyridines is 1. The number of hydrogen-bond acceptors (Lipinski definition) is 6. The van der Waals surface area contributed by atoms with Gasteiger partial charge in [-0.3, -0.25) is 9.59 Å². The van der Waals surface area contributed by atoms with Crippen LogP contribution in [0.25, 0.3) is 0 Å². The fraction of sp³-hybridized carbons (Fsp3) is 0.179. The monoisotopic (exact) mass is 552 g/mol. The molecule has 0 unspecified atom stereocenters. The first kappa shape index (κ1) is 27.6. The number of benzene rings is 2. The summed E-state index contributed by atoms with van der Waals surface area (Å²) in [6.45, 7) is 1.97. The summed E-state index contributed by atoms with van der Waals surface area (Å²) in [6.07, 6.45) is -3.18. The van der Waals surface area contributed by atoms with E-state index in [0.29, 0.717) is 23.0 Å². The Balaban J connectivity index is 1.55. The quantitative estimate of drug-likeness (QED) is 0.332. The maximum atomic E-state index is 13.4. The summed E-state index contributed by atoms with van der Waals surface area (Å²) in [7, 11) is 0. The predicted molar refractivity (Wildman–Crippen MR) is 141 cm³/mol. The number of allylic oxidation sites excluding steroid dienone is 2. The largest absolute Gasteiger partial charge is 0.468 e. The number of thioether (sulfide) groups is 1. The number of anilines is 1. The zero-order valence-electron chi connectivity index (χ0n) is 20.6. The second-order valence-corrected chi connectivity index (χ2v) is 9.54. The van der Waals surface area contributed by atoms with E-state index < -0.39 is 23.6 Å². The lowest BCUT2D eigenvalue weighted by Crippen LogP contribution is -2.31. The van der Waals surface area contributed by atoms with Crippen LogP contribution in [-0.2, 0) is 22.3 Å². The summed E-state index contributed by atoms with van der Waals surface area (Å²) in [6, 6.07) is 19.0. The van der Waals surface area contributed by atoms with Crippen LogP contribution in [0.2, 0.25) is 0 Å². The molecule has 7 nitrogen and oxygen atoms in total. The topological polar surface area (TPSA) is 107 Å². The molecule has 200 valence electrons. The molecule has 39 heavy (non-hydrogen) atoms. The summed E-state index contributed by atoms with van der Waals surface area (Å²) < 4.78 is 45.0. The molecular weight excluding hydrogens is 529 g/mol. The summed E-state index contributed by atoms with van der Waals surface area (Å²) in [5.74, 6) is -1.58. The molecule has 1 aromatic heterocycles. The van der Waals surface area contributed by atoms with Crippen molar-refractivity contribution in [2.45, 2.75) is 25.6 Å². The molecule has 2 heterocycles. The fourth-order valence-corrected chi connectivity index (χ4v) is 4.95. The fourth-order valence-electron chi connectivity index (χ4n) is 4.02. The maximum absolute atomic E-state index is 13.4. The number of hydrogen-bond donors (Lipinski definition) is 3. The highest BCUT2D eigenvalue weighted by molar-refractivity contribution is 8.03. The SMILES string of the molecule is CC1=C(C(=O)Nc2cccc(C(F)(F)F)c2)[C@H](c2ccco2)C(C#N)=C(SCC(=O)NCc2ccccc2)N1. The molecule has 2 aromatic carbocycles. The van der Waals surface area contributed by atoms with Crippen LogP contribution in [0.1, 0.15) is 29.7 Å². The van der Waals surface area contributed by atoms with E-state index >= 15 is 0 Å². The molecule has 2 amide bonds. The van der Waals surface area contributed by atoms with Crippen molar-refractivity contribution in [1.29, 1.82) is 5.26 Å². The van der Waals surface area contributed by atoms with Gasteiger partial charge in [-0.05, 0) is 42.8 Å². The lowest BCUT2D eigenvalue weighted by atomic mass is 9.85. The zero-order valence-corrected chi connectivity index (χ0v) is 21.5. The Bertz CT molecular complexity index is 1460. The van der Waals surface area contributed by atoms with Crippen molar-refractivity contribution in [3.8, 4) is 6.07 Å². The second kappa shape index (κ2) is 12.0. The van der Waals surface area contributed by atoms with Gasteiger partial charge in [0.25, 0.3) is 5.91 Å². The van der Waals surface area contributed by atoms with Gasteiger partial charge in [0.2, 0.25) is 5.91 Å². The van der Waals surface area contributed by atoms with Gasteiger partial charge in [-0.25, -0.2) is 0 Å². The molecule has 1 atom stereocenters. The number of furan rings is 1. The Morgan fingerprint density at radius 2 is 1.87 bits per heavy atom. The number of rotatable bonds is 8. The zero-order chi connectivity index (χ0) is 28.0. The van der Waals surface area contributed by atoms with Gasteiger partial charge in [0.15, 0.2) is 0 Å². The van der Waals surface area contributed by atoms with E-state index in [4.69, 9.17) is 4.42 Å². The van der Waals surface area contributed by atoms with Crippen LogP contribution in [0.15, 0.2) is 99.3 Å². The van der Waals surface area contributed by atoms with E-state index in [1.807, 2.05) is 30.3 Å². The number of nitrogens with one attached hydrogen (secondary N) is 3. The highest BCUT2D eigenvalue weighted by atomic mass is 32.2. The molecule has 3 N–H and O–H groups in total. The Hall–Kier alpha value is -4.43. The average molecular weight is 553 g/mol. The van der Waals surface area contributed by atoms with E-state index in [1.54, 1.807) is 19.1 Å². The Morgan fingerprint density at radius 1 is 1.10 bits per heavy atom. The highest BCUT2D eigenvalue weighted by Gasteiger charge is 2.37. The first-order valence-electron chi connectivity index (χ1n) is 11.7. The van der Waals surface area contributed by atoms with Crippen molar-refractivity contribution in [2.75, 3.05) is 11.1 Å². The molecular formula is C28H23F3N4O3S.